The van der Waals surface area contributed by atoms with Gasteiger partial charge in [0.1, 0.15) is 5.75 Å². The number of hydrogen-bond acceptors (Lipinski definition) is 3. The van der Waals surface area contributed by atoms with Gasteiger partial charge in [0.25, 0.3) is 0 Å². The van der Waals surface area contributed by atoms with E-state index in [9.17, 15) is 9.59 Å². The molecule has 22 heavy (non-hydrogen) atoms. The molecule has 1 aromatic carbocycles. The number of hydrogen-bond donors (Lipinski definition) is 1. The maximum atomic E-state index is 12.1. The summed E-state index contributed by atoms with van der Waals surface area (Å²) in [5.41, 5.74) is 0.779. The highest BCUT2D eigenvalue weighted by molar-refractivity contribution is 5.96. The molecule has 2 amide bonds. The predicted molar refractivity (Wildman–Crippen MR) is 86.0 cm³/mol. The minimum Gasteiger partial charge on any atom is -0.497 e. The first-order valence-electron chi connectivity index (χ1n) is 7.52. The lowest BCUT2D eigenvalue weighted by Crippen LogP contribution is -2.38. The fourth-order valence-corrected chi connectivity index (χ4v) is 2.58. The summed E-state index contributed by atoms with van der Waals surface area (Å²) in [4.78, 5) is 25.9. The van der Waals surface area contributed by atoms with E-state index in [-0.39, 0.29) is 23.3 Å². The molecule has 0 bridgehead atoms. The average molecular weight is 304 g/mol. The summed E-state index contributed by atoms with van der Waals surface area (Å²) < 4.78 is 5.12. The molecule has 1 heterocycles. The quantitative estimate of drug-likeness (QED) is 0.929. The van der Waals surface area contributed by atoms with Crippen molar-refractivity contribution < 1.29 is 14.3 Å². The molecule has 1 aromatic rings. The Labute approximate surface area is 131 Å². The molecule has 1 unspecified atom stereocenters. The number of nitrogens with zero attached hydrogens (tertiary/aromatic N) is 1. The van der Waals surface area contributed by atoms with Crippen LogP contribution >= 0.6 is 0 Å². The van der Waals surface area contributed by atoms with Crippen LogP contribution in [-0.4, -0.2) is 31.5 Å². The highest BCUT2D eigenvalue weighted by Gasteiger charge is 2.32. The van der Waals surface area contributed by atoms with Crippen molar-refractivity contribution in [3.8, 4) is 5.75 Å². The van der Waals surface area contributed by atoms with Gasteiger partial charge < -0.3 is 15.0 Å². The van der Waals surface area contributed by atoms with Crippen LogP contribution in [0.15, 0.2) is 24.3 Å². The van der Waals surface area contributed by atoms with Crippen LogP contribution in [0.3, 0.4) is 0 Å². The van der Waals surface area contributed by atoms with E-state index in [1.165, 1.54) is 0 Å². The summed E-state index contributed by atoms with van der Waals surface area (Å²) >= 11 is 0. The smallest absolute Gasteiger partial charge is 0.229 e. The second kappa shape index (κ2) is 6.38. The lowest BCUT2D eigenvalue weighted by Gasteiger charge is -2.20. The third-order valence-electron chi connectivity index (χ3n) is 3.57. The van der Waals surface area contributed by atoms with Gasteiger partial charge >= 0.3 is 0 Å². The number of carbonyl (C=O) groups excluding carboxylic acids is 2. The van der Waals surface area contributed by atoms with Crippen molar-refractivity contribution in [2.45, 2.75) is 39.7 Å². The fourth-order valence-electron chi connectivity index (χ4n) is 2.58. The van der Waals surface area contributed by atoms with Crippen LogP contribution in [0, 0.1) is 5.41 Å². The molecule has 0 radical (unpaired) electrons. The van der Waals surface area contributed by atoms with Crippen LogP contribution in [0.2, 0.25) is 0 Å². The lowest BCUT2D eigenvalue weighted by atomic mass is 9.92. The van der Waals surface area contributed by atoms with Crippen molar-refractivity contribution >= 4 is 17.5 Å². The molecule has 1 aliphatic rings. The zero-order valence-corrected chi connectivity index (χ0v) is 13.7. The van der Waals surface area contributed by atoms with E-state index in [2.05, 4.69) is 5.32 Å². The van der Waals surface area contributed by atoms with E-state index in [1.807, 2.05) is 45.0 Å². The first-order chi connectivity index (χ1) is 10.3. The van der Waals surface area contributed by atoms with Crippen molar-refractivity contribution in [2.75, 3.05) is 18.6 Å². The normalized spacial score (nSPS) is 18.5. The minimum absolute atomic E-state index is 0.00174. The van der Waals surface area contributed by atoms with Crippen molar-refractivity contribution in [2.24, 2.45) is 5.41 Å². The molecule has 1 fully saturated rings. The topological polar surface area (TPSA) is 58.6 Å². The van der Waals surface area contributed by atoms with Gasteiger partial charge in [-0.2, -0.15) is 0 Å². The molecule has 120 valence electrons. The molecule has 0 aliphatic carbocycles. The molecule has 1 N–H and O–H groups in total. The Balaban J connectivity index is 1.97. The van der Waals surface area contributed by atoms with Gasteiger partial charge in [0, 0.05) is 25.1 Å². The molecule has 5 heteroatoms. The van der Waals surface area contributed by atoms with Gasteiger partial charge in [0.05, 0.1) is 13.2 Å². The monoisotopic (exact) mass is 304 g/mol. The van der Waals surface area contributed by atoms with Crippen LogP contribution in [0.4, 0.5) is 5.69 Å². The van der Waals surface area contributed by atoms with E-state index in [1.54, 1.807) is 12.0 Å². The maximum absolute atomic E-state index is 12.1. The molecule has 0 spiro atoms. The Morgan fingerprint density at radius 3 is 2.50 bits per heavy atom. The summed E-state index contributed by atoms with van der Waals surface area (Å²) in [5.74, 6) is 0.790. The Hall–Kier alpha value is -2.04. The standard InChI is InChI=1S/C17H24N2O3/c1-17(2,3)10-15(20)18-12-9-16(21)19(11-12)13-5-7-14(22-4)8-6-13/h5-8,12H,9-11H2,1-4H3,(H,18,20). The third kappa shape index (κ3) is 4.23. The molecule has 0 saturated carbocycles. The summed E-state index contributed by atoms with van der Waals surface area (Å²) in [6, 6.07) is 7.25. The highest BCUT2D eigenvalue weighted by Crippen LogP contribution is 2.24. The Morgan fingerprint density at radius 1 is 1.32 bits per heavy atom. The predicted octanol–water partition coefficient (Wildman–Crippen LogP) is 2.35. The number of anilines is 1. The van der Waals surface area contributed by atoms with Crippen LogP contribution in [-0.2, 0) is 9.59 Å². The number of benzene rings is 1. The van der Waals surface area contributed by atoms with E-state index < -0.39 is 0 Å². The molecular formula is C17H24N2O3. The van der Waals surface area contributed by atoms with Crippen molar-refractivity contribution in [3.05, 3.63) is 24.3 Å². The second-order valence-corrected chi connectivity index (χ2v) is 6.91. The zero-order chi connectivity index (χ0) is 16.3. The molecule has 1 atom stereocenters. The summed E-state index contributed by atoms with van der Waals surface area (Å²) in [7, 11) is 1.61. The first-order valence-corrected chi connectivity index (χ1v) is 7.52. The zero-order valence-electron chi connectivity index (χ0n) is 13.7. The van der Waals surface area contributed by atoms with E-state index >= 15 is 0 Å². The number of nitrogens with one attached hydrogen (secondary N) is 1. The third-order valence-corrected chi connectivity index (χ3v) is 3.57. The summed E-state index contributed by atoms with van der Waals surface area (Å²) in [5, 5.41) is 2.96. The molecule has 5 nitrogen and oxygen atoms in total. The fraction of sp³-hybridized carbons (Fsp3) is 0.529. The van der Waals surface area contributed by atoms with Gasteiger partial charge in [0.2, 0.25) is 11.8 Å². The first kappa shape index (κ1) is 16.3. The number of rotatable bonds is 4. The van der Waals surface area contributed by atoms with Crippen LogP contribution in [0.5, 0.6) is 5.75 Å². The number of methoxy groups -OCH3 is 1. The van der Waals surface area contributed by atoms with Gasteiger partial charge in [0.15, 0.2) is 0 Å². The maximum Gasteiger partial charge on any atom is 0.229 e. The van der Waals surface area contributed by atoms with Gasteiger partial charge in [-0.15, -0.1) is 0 Å². The Kier molecular flexibility index (Phi) is 4.74. The molecule has 1 aliphatic heterocycles. The Morgan fingerprint density at radius 2 is 1.95 bits per heavy atom. The molecule has 0 aromatic heterocycles. The number of carbonyl (C=O) groups is 2. The lowest BCUT2D eigenvalue weighted by molar-refractivity contribution is -0.123. The number of amides is 2. The van der Waals surface area contributed by atoms with Crippen LogP contribution in [0.25, 0.3) is 0 Å². The largest absolute Gasteiger partial charge is 0.497 e. The van der Waals surface area contributed by atoms with Gasteiger partial charge in [-0.05, 0) is 29.7 Å². The second-order valence-electron chi connectivity index (χ2n) is 6.91. The van der Waals surface area contributed by atoms with E-state index in [4.69, 9.17) is 4.74 Å². The van der Waals surface area contributed by atoms with Gasteiger partial charge in [-0.25, -0.2) is 0 Å². The molecule has 2 rings (SSSR count). The van der Waals surface area contributed by atoms with Crippen LogP contribution in [0.1, 0.15) is 33.6 Å². The Bertz CT molecular complexity index is 546. The average Bonchev–Trinajstić information content (AvgIpc) is 2.77. The van der Waals surface area contributed by atoms with E-state index in [0.29, 0.717) is 19.4 Å². The minimum atomic E-state index is -0.121. The number of ether oxygens (including phenoxy) is 1. The highest BCUT2D eigenvalue weighted by atomic mass is 16.5. The molecule has 1 saturated heterocycles. The summed E-state index contributed by atoms with van der Waals surface area (Å²) in [6.45, 7) is 6.59. The molecular weight excluding hydrogens is 280 g/mol. The SMILES string of the molecule is COc1ccc(N2CC(NC(=O)CC(C)(C)C)CC2=O)cc1. The van der Waals surface area contributed by atoms with Gasteiger partial charge in [-0.3, -0.25) is 9.59 Å². The van der Waals surface area contributed by atoms with Gasteiger partial charge in [-0.1, -0.05) is 20.8 Å². The summed E-state index contributed by atoms with van der Waals surface area (Å²) in [6.07, 6.45) is 0.808. The van der Waals surface area contributed by atoms with Crippen LogP contribution < -0.4 is 15.0 Å². The van der Waals surface area contributed by atoms with Crippen molar-refractivity contribution in [1.82, 2.24) is 5.32 Å². The van der Waals surface area contributed by atoms with Crippen molar-refractivity contribution in [3.63, 3.8) is 0 Å². The van der Waals surface area contributed by atoms with E-state index in [0.717, 1.165) is 11.4 Å². The van der Waals surface area contributed by atoms with Crippen molar-refractivity contribution in [1.29, 1.82) is 0 Å².